The number of nitrogens with zero attached hydrogens (tertiary/aromatic N) is 2. The summed E-state index contributed by atoms with van der Waals surface area (Å²) < 4.78 is 1.82. The molecule has 1 heterocycles. The van der Waals surface area contributed by atoms with E-state index in [2.05, 4.69) is 10.4 Å². The Kier molecular flexibility index (Phi) is 3.60. The van der Waals surface area contributed by atoms with Crippen molar-refractivity contribution >= 4 is 29.0 Å². The van der Waals surface area contributed by atoms with Crippen LogP contribution in [0.2, 0.25) is 10.0 Å². The molecule has 1 N–H and O–H groups in total. The van der Waals surface area contributed by atoms with Crippen LogP contribution in [-0.2, 0) is 13.6 Å². The van der Waals surface area contributed by atoms with Crippen LogP contribution in [0.4, 0.5) is 5.82 Å². The molecule has 0 atom stereocenters. The summed E-state index contributed by atoms with van der Waals surface area (Å²) in [5.74, 6) is 0.834. The first-order valence-corrected chi connectivity index (χ1v) is 6.01. The molecular formula is C12H13Cl2N3. The molecule has 0 fully saturated rings. The van der Waals surface area contributed by atoms with Crippen LogP contribution in [0.25, 0.3) is 0 Å². The van der Waals surface area contributed by atoms with Crippen LogP contribution < -0.4 is 5.32 Å². The molecule has 0 saturated heterocycles. The fourth-order valence-corrected chi connectivity index (χ4v) is 1.90. The summed E-state index contributed by atoms with van der Waals surface area (Å²) in [5, 5.41) is 8.69. The van der Waals surface area contributed by atoms with Gasteiger partial charge in [-0.3, -0.25) is 4.68 Å². The lowest BCUT2D eigenvalue weighted by atomic mass is 10.2. The smallest absolute Gasteiger partial charge is 0.148 e. The molecule has 5 heteroatoms. The molecule has 0 aliphatic rings. The number of nitrogens with one attached hydrogen (secondary N) is 1. The van der Waals surface area contributed by atoms with E-state index in [-0.39, 0.29) is 0 Å². The van der Waals surface area contributed by atoms with Crippen LogP contribution in [0.1, 0.15) is 11.3 Å². The summed E-state index contributed by atoms with van der Waals surface area (Å²) in [6.45, 7) is 2.61. The molecule has 17 heavy (non-hydrogen) atoms. The Hall–Kier alpha value is -1.19. The first kappa shape index (κ1) is 12.3. The second-order valence-electron chi connectivity index (χ2n) is 3.86. The number of aryl methyl sites for hydroxylation is 2. The molecule has 1 aromatic heterocycles. The summed E-state index contributed by atoms with van der Waals surface area (Å²) in [4.78, 5) is 0. The van der Waals surface area contributed by atoms with E-state index in [9.17, 15) is 0 Å². The molecule has 2 rings (SSSR count). The summed E-state index contributed by atoms with van der Waals surface area (Å²) in [7, 11) is 1.91. The van der Waals surface area contributed by atoms with E-state index >= 15 is 0 Å². The van der Waals surface area contributed by atoms with Gasteiger partial charge in [-0.1, -0.05) is 35.3 Å². The van der Waals surface area contributed by atoms with Crippen LogP contribution in [0.15, 0.2) is 24.3 Å². The van der Waals surface area contributed by atoms with E-state index < -0.39 is 0 Å². The van der Waals surface area contributed by atoms with Gasteiger partial charge < -0.3 is 5.32 Å². The standard InChI is InChI=1S/C12H13Cl2N3/c1-8-6-11(16-17(8)2)15-7-9-4-3-5-10(13)12(9)14/h3-6H,7H2,1-2H3,(H,15,16). The number of hydrogen-bond acceptors (Lipinski definition) is 2. The van der Waals surface area contributed by atoms with Gasteiger partial charge in [0.25, 0.3) is 0 Å². The van der Waals surface area contributed by atoms with Gasteiger partial charge in [0, 0.05) is 25.4 Å². The van der Waals surface area contributed by atoms with Crippen molar-refractivity contribution in [1.82, 2.24) is 9.78 Å². The van der Waals surface area contributed by atoms with Gasteiger partial charge in [0.05, 0.1) is 10.0 Å². The highest BCUT2D eigenvalue weighted by Crippen LogP contribution is 2.26. The zero-order chi connectivity index (χ0) is 12.4. The van der Waals surface area contributed by atoms with Gasteiger partial charge in [-0.2, -0.15) is 5.10 Å². The van der Waals surface area contributed by atoms with E-state index in [1.807, 2.05) is 36.9 Å². The normalized spacial score (nSPS) is 10.6. The van der Waals surface area contributed by atoms with Gasteiger partial charge in [0.2, 0.25) is 0 Å². The molecule has 0 bridgehead atoms. The van der Waals surface area contributed by atoms with Gasteiger partial charge in [-0.25, -0.2) is 0 Å². The second-order valence-corrected chi connectivity index (χ2v) is 4.65. The fraction of sp³-hybridized carbons (Fsp3) is 0.250. The highest BCUT2D eigenvalue weighted by Gasteiger charge is 2.05. The molecule has 0 saturated carbocycles. The van der Waals surface area contributed by atoms with Crippen molar-refractivity contribution in [2.24, 2.45) is 7.05 Å². The Balaban J connectivity index is 2.10. The number of rotatable bonds is 3. The summed E-state index contributed by atoms with van der Waals surface area (Å²) in [6, 6.07) is 7.59. The van der Waals surface area contributed by atoms with Crippen LogP contribution in [0.5, 0.6) is 0 Å². The predicted octanol–water partition coefficient (Wildman–Crippen LogP) is 3.65. The Labute approximate surface area is 110 Å². The maximum Gasteiger partial charge on any atom is 0.148 e. The number of hydrogen-bond donors (Lipinski definition) is 1. The Morgan fingerprint density at radius 2 is 2.12 bits per heavy atom. The first-order valence-electron chi connectivity index (χ1n) is 5.25. The van der Waals surface area contributed by atoms with Crippen molar-refractivity contribution in [1.29, 1.82) is 0 Å². The van der Waals surface area contributed by atoms with Crippen molar-refractivity contribution < 1.29 is 0 Å². The van der Waals surface area contributed by atoms with E-state index in [1.54, 1.807) is 6.07 Å². The Bertz CT molecular complexity index is 515. The predicted molar refractivity (Wildman–Crippen MR) is 71.7 cm³/mol. The van der Waals surface area contributed by atoms with Gasteiger partial charge >= 0.3 is 0 Å². The summed E-state index contributed by atoms with van der Waals surface area (Å²) in [5.41, 5.74) is 2.06. The van der Waals surface area contributed by atoms with Crippen LogP contribution in [0, 0.1) is 6.92 Å². The summed E-state index contributed by atoms with van der Waals surface area (Å²) in [6.07, 6.45) is 0. The van der Waals surface area contributed by atoms with E-state index in [0.717, 1.165) is 17.1 Å². The van der Waals surface area contributed by atoms with Gasteiger partial charge in [0.1, 0.15) is 5.82 Å². The molecule has 0 aliphatic carbocycles. The Morgan fingerprint density at radius 3 is 2.76 bits per heavy atom. The topological polar surface area (TPSA) is 29.9 Å². The zero-order valence-electron chi connectivity index (χ0n) is 9.67. The first-order chi connectivity index (χ1) is 8.08. The monoisotopic (exact) mass is 269 g/mol. The highest BCUT2D eigenvalue weighted by molar-refractivity contribution is 6.42. The zero-order valence-corrected chi connectivity index (χ0v) is 11.2. The van der Waals surface area contributed by atoms with Crippen LogP contribution in [0.3, 0.4) is 0 Å². The number of halogens is 2. The number of benzene rings is 1. The third-order valence-corrected chi connectivity index (χ3v) is 3.46. The van der Waals surface area contributed by atoms with E-state index in [0.29, 0.717) is 16.6 Å². The van der Waals surface area contributed by atoms with Crippen LogP contribution >= 0.6 is 23.2 Å². The third kappa shape index (κ3) is 2.73. The molecule has 0 radical (unpaired) electrons. The molecule has 3 nitrogen and oxygen atoms in total. The minimum Gasteiger partial charge on any atom is -0.364 e. The third-order valence-electron chi connectivity index (χ3n) is 2.61. The number of anilines is 1. The lowest BCUT2D eigenvalue weighted by Gasteiger charge is -2.06. The highest BCUT2D eigenvalue weighted by atomic mass is 35.5. The largest absolute Gasteiger partial charge is 0.364 e. The van der Waals surface area contributed by atoms with Gasteiger partial charge in [0.15, 0.2) is 0 Å². The average Bonchev–Trinajstić information content (AvgIpc) is 2.61. The van der Waals surface area contributed by atoms with Gasteiger partial charge in [-0.05, 0) is 18.6 Å². The lowest BCUT2D eigenvalue weighted by Crippen LogP contribution is -2.01. The average molecular weight is 270 g/mol. The van der Waals surface area contributed by atoms with Crippen LogP contribution in [-0.4, -0.2) is 9.78 Å². The maximum atomic E-state index is 6.10. The van der Waals surface area contributed by atoms with E-state index in [4.69, 9.17) is 23.2 Å². The second kappa shape index (κ2) is 4.98. The molecule has 2 aromatic rings. The van der Waals surface area contributed by atoms with Crippen molar-refractivity contribution in [2.45, 2.75) is 13.5 Å². The SMILES string of the molecule is Cc1cc(NCc2cccc(Cl)c2Cl)nn1C. The lowest BCUT2D eigenvalue weighted by molar-refractivity contribution is 0.741. The van der Waals surface area contributed by atoms with Crippen molar-refractivity contribution in [3.8, 4) is 0 Å². The fourth-order valence-electron chi connectivity index (χ4n) is 1.52. The Morgan fingerprint density at radius 1 is 1.35 bits per heavy atom. The minimum absolute atomic E-state index is 0.572. The quantitative estimate of drug-likeness (QED) is 0.922. The molecule has 1 aromatic carbocycles. The molecule has 0 unspecified atom stereocenters. The van der Waals surface area contributed by atoms with Crippen molar-refractivity contribution in [2.75, 3.05) is 5.32 Å². The molecule has 0 aliphatic heterocycles. The molecular weight excluding hydrogens is 257 g/mol. The van der Waals surface area contributed by atoms with Crippen molar-refractivity contribution in [3.63, 3.8) is 0 Å². The van der Waals surface area contributed by atoms with Gasteiger partial charge in [-0.15, -0.1) is 0 Å². The van der Waals surface area contributed by atoms with E-state index in [1.165, 1.54) is 0 Å². The number of aromatic nitrogens is 2. The van der Waals surface area contributed by atoms with Crippen molar-refractivity contribution in [3.05, 3.63) is 45.6 Å². The minimum atomic E-state index is 0.572. The maximum absolute atomic E-state index is 6.10. The molecule has 90 valence electrons. The molecule has 0 spiro atoms. The summed E-state index contributed by atoms with van der Waals surface area (Å²) >= 11 is 12.0. The molecule has 0 amide bonds.